The maximum absolute atomic E-state index is 12.3. The van der Waals surface area contributed by atoms with Crippen LogP contribution in [-0.2, 0) is 22.4 Å². The summed E-state index contributed by atoms with van der Waals surface area (Å²) in [7, 11) is 0. The summed E-state index contributed by atoms with van der Waals surface area (Å²) in [6.07, 6.45) is 3.16. The van der Waals surface area contributed by atoms with Gasteiger partial charge in [0.2, 0.25) is 5.91 Å². The molecule has 138 valence electrons. The molecule has 0 aliphatic heterocycles. The van der Waals surface area contributed by atoms with Crippen LogP contribution in [-0.4, -0.2) is 17.0 Å². The number of halogens is 3. The van der Waals surface area contributed by atoms with Crippen LogP contribution in [0.3, 0.4) is 0 Å². The SMILES string of the molecule is O=C(O)Cc1c(I)cc(I)c(NC(=O)CCCCc2ccccc2)c1I. The third kappa shape index (κ3) is 6.63. The molecule has 2 aromatic carbocycles. The van der Waals surface area contributed by atoms with Crippen LogP contribution < -0.4 is 5.32 Å². The molecule has 0 aromatic heterocycles. The minimum absolute atomic E-state index is 0.0311. The van der Waals surface area contributed by atoms with E-state index in [-0.39, 0.29) is 12.3 Å². The Balaban J connectivity index is 1.94. The van der Waals surface area contributed by atoms with Crippen LogP contribution in [0.15, 0.2) is 36.4 Å². The van der Waals surface area contributed by atoms with Crippen LogP contribution in [0, 0.1) is 10.7 Å². The first-order valence-electron chi connectivity index (χ1n) is 8.10. The molecule has 0 radical (unpaired) electrons. The summed E-state index contributed by atoms with van der Waals surface area (Å²) in [5.41, 5.74) is 2.75. The lowest BCUT2D eigenvalue weighted by molar-refractivity contribution is -0.136. The number of hydrogen-bond acceptors (Lipinski definition) is 2. The van der Waals surface area contributed by atoms with E-state index < -0.39 is 5.97 Å². The van der Waals surface area contributed by atoms with E-state index >= 15 is 0 Å². The molecule has 2 rings (SSSR count). The second-order valence-electron chi connectivity index (χ2n) is 5.82. The molecule has 0 aliphatic carbocycles. The zero-order valence-corrected chi connectivity index (χ0v) is 20.4. The summed E-state index contributed by atoms with van der Waals surface area (Å²) in [6.45, 7) is 0. The molecule has 2 N–H and O–H groups in total. The van der Waals surface area contributed by atoms with Crippen molar-refractivity contribution in [1.29, 1.82) is 0 Å². The third-order valence-electron chi connectivity index (χ3n) is 3.82. The van der Waals surface area contributed by atoms with Gasteiger partial charge in [0.15, 0.2) is 0 Å². The first-order valence-corrected chi connectivity index (χ1v) is 11.3. The predicted molar refractivity (Wildman–Crippen MR) is 129 cm³/mol. The minimum Gasteiger partial charge on any atom is -0.481 e. The highest BCUT2D eigenvalue weighted by molar-refractivity contribution is 14.1. The van der Waals surface area contributed by atoms with Gasteiger partial charge in [-0.25, -0.2) is 0 Å². The molecule has 26 heavy (non-hydrogen) atoms. The zero-order chi connectivity index (χ0) is 19.1. The Bertz CT molecular complexity index is 794. The smallest absolute Gasteiger partial charge is 0.307 e. The number of carboxylic acid groups (broad SMARTS) is 1. The van der Waals surface area contributed by atoms with Crippen molar-refractivity contribution in [3.8, 4) is 0 Å². The minimum atomic E-state index is -0.875. The zero-order valence-electron chi connectivity index (χ0n) is 13.9. The van der Waals surface area contributed by atoms with Crippen LogP contribution in [0.25, 0.3) is 0 Å². The van der Waals surface area contributed by atoms with Crippen molar-refractivity contribution in [3.63, 3.8) is 0 Å². The van der Waals surface area contributed by atoms with Crippen molar-refractivity contribution in [1.82, 2.24) is 0 Å². The van der Waals surface area contributed by atoms with Gasteiger partial charge in [-0.15, -0.1) is 0 Å². The number of carboxylic acids is 1. The van der Waals surface area contributed by atoms with E-state index in [9.17, 15) is 9.59 Å². The van der Waals surface area contributed by atoms with Gasteiger partial charge in [-0.1, -0.05) is 30.3 Å². The lowest BCUT2D eigenvalue weighted by Gasteiger charge is -2.14. The Morgan fingerprint density at radius 1 is 1.00 bits per heavy atom. The molecule has 0 fully saturated rings. The van der Waals surface area contributed by atoms with Crippen molar-refractivity contribution in [2.24, 2.45) is 0 Å². The Morgan fingerprint density at radius 3 is 2.35 bits per heavy atom. The number of amides is 1. The van der Waals surface area contributed by atoms with Gasteiger partial charge in [0.1, 0.15) is 0 Å². The first kappa shape index (κ1) is 21.9. The number of benzene rings is 2. The molecule has 0 bridgehead atoms. The number of aliphatic carboxylic acids is 1. The molecule has 0 saturated carbocycles. The summed E-state index contributed by atoms with van der Waals surface area (Å²) in [6, 6.07) is 12.2. The second kappa shape index (κ2) is 10.8. The van der Waals surface area contributed by atoms with Crippen molar-refractivity contribution in [2.45, 2.75) is 32.1 Å². The lowest BCUT2D eigenvalue weighted by Crippen LogP contribution is -2.15. The quantitative estimate of drug-likeness (QED) is 0.286. The molecule has 0 heterocycles. The second-order valence-corrected chi connectivity index (χ2v) is 9.22. The van der Waals surface area contributed by atoms with E-state index in [4.69, 9.17) is 5.11 Å². The normalized spacial score (nSPS) is 10.6. The van der Waals surface area contributed by atoms with E-state index in [0.29, 0.717) is 6.42 Å². The van der Waals surface area contributed by atoms with Crippen molar-refractivity contribution in [3.05, 3.63) is 58.2 Å². The highest BCUT2D eigenvalue weighted by atomic mass is 127. The number of carbonyl (C=O) groups excluding carboxylic acids is 1. The molecule has 1 amide bonds. The van der Waals surface area contributed by atoms with Gasteiger partial charge >= 0.3 is 5.97 Å². The lowest BCUT2D eigenvalue weighted by atomic mass is 10.1. The summed E-state index contributed by atoms with van der Waals surface area (Å²) in [4.78, 5) is 23.4. The number of unbranched alkanes of at least 4 members (excludes halogenated alkanes) is 1. The van der Waals surface area contributed by atoms with Gasteiger partial charge < -0.3 is 10.4 Å². The number of hydrogen-bond donors (Lipinski definition) is 2. The van der Waals surface area contributed by atoms with Crippen LogP contribution >= 0.6 is 67.8 Å². The summed E-state index contributed by atoms with van der Waals surface area (Å²) < 4.78 is 2.63. The monoisotopic (exact) mass is 689 g/mol. The van der Waals surface area contributed by atoms with Crippen molar-refractivity contribution < 1.29 is 14.7 Å². The average Bonchev–Trinajstić information content (AvgIpc) is 2.60. The number of carbonyl (C=O) groups is 2. The summed E-state index contributed by atoms with van der Waals surface area (Å²) >= 11 is 6.44. The largest absolute Gasteiger partial charge is 0.481 e. The summed E-state index contributed by atoms with van der Waals surface area (Å²) in [5.74, 6) is -0.906. The van der Waals surface area contributed by atoms with Gasteiger partial charge in [0.25, 0.3) is 0 Å². The molecular formula is C19H18I3NO3. The summed E-state index contributed by atoms with van der Waals surface area (Å²) in [5, 5.41) is 12.1. The number of aryl methyl sites for hydroxylation is 1. The van der Waals surface area contributed by atoms with E-state index in [0.717, 1.165) is 41.2 Å². The Labute approximate surface area is 193 Å². The van der Waals surface area contributed by atoms with Crippen molar-refractivity contribution >= 4 is 85.3 Å². The van der Waals surface area contributed by atoms with Crippen molar-refractivity contribution in [2.75, 3.05) is 5.32 Å². The fraction of sp³-hybridized carbons (Fsp3) is 0.263. The highest BCUT2D eigenvalue weighted by Crippen LogP contribution is 2.32. The highest BCUT2D eigenvalue weighted by Gasteiger charge is 2.17. The Hall–Kier alpha value is -0.430. The van der Waals surface area contributed by atoms with Crippen LogP contribution in [0.5, 0.6) is 0 Å². The average molecular weight is 689 g/mol. The Morgan fingerprint density at radius 2 is 1.69 bits per heavy atom. The molecule has 0 unspecified atom stereocenters. The van der Waals surface area contributed by atoms with Gasteiger partial charge in [0, 0.05) is 17.1 Å². The molecule has 0 aliphatic rings. The van der Waals surface area contributed by atoms with Gasteiger partial charge in [-0.05, 0) is 104 Å². The van der Waals surface area contributed by atoms with E-state index in [1.807, 2.05) is 24.3 Å². The van der Waals surface area contributed by atoms with Gasteiger partial charge in [-0.3, -0.25) is 9.59 Å². The maximum atomic E-state index is 12.3. The standard InChI is InChI=1S/C19H18I3NO3/c20-14-11-15(21)19(18(22)13(14)10-17(25)26)23-16(24)9-5-4-8-12-6-2-1-3-7-12/h1-3,6-7,11H,4-5,8-10H2,(H,23,24)(H,25,26). The maximum Gasteiger partial charge on any atom is 0.307 e. The van der Waals surface area contributed by atoms with Crippen LogP contribution in [0.4, 0.5) is 5.69 Å². The van der Waals surface area contributed by atoms with E-state index in [1.54, 1.807) is 0 Å². The first-order chi connectivity index (χ1) is 12.4. The number of anilines is 1. The van der Waals surface area contributed by atoms with Gasteiger partial charge in [0.05, 0.1) is 12.1 Å². The van der Waals surface area contributed by atoms with Gasteiger partial charge in [-0.2, -0.15) is 0 Å². The van der Waals surface area contributed by atoms with Crippen LogP contribution in [0.1, 0.15) is 30.4 Å². The molecule has 7 heteroatoms. The third-order valence-corrected chi connectivity index (χ3v) is 6.82. The topological polar surface area (TPSA) is 66.4 Å². The van der Waals surface area contributed by atoms with E-state index in [2.05, 4.69) is 85.2 Å². The predicted octanol–water partition coefficient (Wildman–Crippen LogP) is 5.48. The van der Waals surface area contributed by atoms with E-state index in [1.165, 1.54) is 5.56 Å². The molecule has 0 atom stereocenters. The molecule has 4 nitrogen and oxygen atoms in total. The number of rotatable bonds is 8. The fourth-order valence-corrected chi connectivity index (χ4v) is 6.54. The fourth-order valence-electron chi connectivity index (χ4n) is 2.52. The van der Waals surface area contributed by atoms with Crippen LogP contribution in [0.2, 0.25) is 0 Å². The molecule has 0 saturated heterocycles. The molecule has 0 spiro atoms. The molecule has 2 aromatic rings. The molecular weight excluding hydrogens is 671 g/mol. The Kier molecular flexibility index (Phi) is 9.07. The number of nitrogens with one attached hydrogen (secondary N) is 1.